The predicted molar refractivity (Wildman–Crippen MR) is 584 cm³/mol. The first-order chi connectivity index (χ1) is 63.9. The van der Waals surface area contributed by atoms with E-state index in [4.69, 9.17) is 108 Å². The van der Waals surface area contributed by atoms with Crippen molar-refractivity contribution in [3.05, 3.63) is 349 Å². The molecule has 0 saturated heterocycles. The van der Waals surface area contributed by atoms with Crippen LogP contribution in [-0.2, 0) is 66.5 Å². The molecule has 1 aliphatic carbocycles. The Kier molecular flexibility index (Phi) is 55.7. The Bertz CT molecular complexity index is 5010. The second kappa shape index (κ2) is 60.4. The molecular weight excluding hydrogens is 1880 g/mol. The molecule has 8 aromatic rings. The van der Waals surface area contributed by atoms with E-state index in [1.807, 2.05) is 159 Å². The lowest BCUT2D eigenvalue weighted by atomic mass is 9.85. The zero-order valence-corrected chi connectivity index (χ0v) is 93.7. The summed E-state index contributed by atoms with van der Waals surface area (Å²) in [7, 11) is 0. The Hall–Kier alpha value is -8.99. The Morgan fingerprint density at radius 1 is 0.374 bits per heavy atom. The van der Waals surface area contributed by atoms with E-state index in [9.17, 15) is 22.8 Å². The van der Waals surface area contributed by atoms with E-state index in [0.29, 0.717) is 90.0 Å². The highest BCUT2D eigenvalue weighted by Gasteiger charge is 2.46. The molecule has 0 N–H and O–H groups in total. The van der Waals surface area contributed by atoms with Crippen LogP contribution in [0.5, 0.6) is 17.2 Å². The van der Waals surface area contributed by atoms with Crippen molar-refractivity contribution in [1.29, 1.82) is 0 Å². The van der Waals surface area contributed by atoms with Crippen LogP contribution in [0.25, 0.3) is 0 Å². The summed E-state index contributed by atoms with van der Waals surface area (Å²) in [6, 6.07) is 61.0. The second-order valence-electron chi connectivity index (χ2n) is 41.7. The first-order valence-corrected chi connectivity index (χ1v) is 49.7. The van der Waals surface area contributed by atoms with Gasteiger partial charge in [-0.1, -0.05) is 402 Å². The lowest BCUT2D eigenvalue weighted by Gasteiger charge is -2.29. The molecule has 0 bridgehead atoms. The monoisotopic (exact) mass is 2040 g/mol. The van der Waals surface area contributed by atoms with Crippen LogP contribution in [-0.4, -0.2) is 57.9 Å². The number of esters is 2. The third-order valence-electron chi connectivity index (χ3n) is 22.0. The van der Waals surface area contributed by atoms with E-state index in [1.54, 1.807) is 45.0 Å². The van der Waals surface area contributed by atoms with Gasteiger partial charge in [0.15, 0.2) is 0 Å². The van der Waals surface area contributed by atoms with Gasteiger partial charge >= 0.3 is 18.3 Å². The topological polar surface area (TPSA) is 117 Å². The maximum absolute atomic E-state index is 11.6. The first kappa shape index (κ1) is 128. The summed E-state index contributed by atoms with van der Waals surface area (Å²) < 4.78 is 83.2. The molecular formula is C119H163Cl6F3O11. The number of carbonyl (C=O) groups excluding carboxylic acids is 2. The van der Waals surface area contributed by atoms with Gasteiger partial charge in [0.2, 0.25) is 0 Å². The van der Waals surface area contributed by atoms with Crippen molar-refractivity contribution in [3.8, 4) is 17.2 Å². The molecule has 0 atom stereocenters. The number of allylic oxidation sites excluding steroid dienone is 4. The highest BCUT2D eigenvalue weighted by atomic mass is 35.5. The summed E-state index contributed by atoms with van der Waals surface area (Å²) in [5, 5.41) is 4.07. The summed E-state index contributed by atoms with van der Waals surface area (Å²) in [5.74, 6) is 6.05. The van der Waals surface area contributed by atoms with Gasteiger partial charge in [-0.2, -0.15) is 0 Å². The fraction of sp³-hybridized carbons (Fsp3) is 0.462. The van der Waals surface area contributed by atoms with Crippen LogP contribution in [0.1, 0.15) is 251 Å². The van der Waals surface area contributed by atoms with Crippen LogP contribution in [0.4, 0.5) is 13.2 Å². The summed E-state index contributed by atoms with van der Waals surface area (Å²) in [5.41, 5.74) is 11.5. The molecule has 11 nitrogen and oxygen atoms in total. The normalized spacial score (nSPS) is 12.1. The fourth-order valence-corrected chi connectivity index (χ4v) is 12.4. The average Bonchev–Trinajstić information content (AvgIpc) is 1.62. The summed E-state index contributed by atoms with van der Waals surface area (Å²) in [6.07, 6.45) is -1.42. The lowest BCUT2D eigenvalue weighted by molar-refractivity contribution is -0.310. The van der Waals surface area contributed by atoms with Crippen LogP contribution in [0.15, 0.2) is 274 Å². The van der Waals surface area contributed by atoms with Gasteiger partial charge in [-0.15, -0.1) is 13.2 Å². The van der Waals surface area contributed by atoms with Crippen molar-refractivity contribution < 1.29 is 65.4 Å². The van der Waals surface area contributed by atoms with Crippen molar-refractivity contribution in [2.45, 2.75) is 262 Å². The molecule has 0 unspecified atom stereocenters. The van der Waals surface area contributed by atoms with Crippen molar-refractivity contribution in [3.63, 3.8) is 0 Å². The SMILES string of the molecule is C=C(COc1ccc(C)cc1)C(C)(C)C.C=C(COc1ccc(Cl)cc1Cl)C(C)C.C=C(COc1cccc(Cl)c1)C(C)C.C=C(OC(C)(C)c1cccc(Cl)c1)C(C)C.C=C(OC(C)(C)c1cccc(Cl)c1)C(C)C.C=C(OC(F)(F)F)C(C)(C)C.C=C(OCC(C)(C)Cc1cccc(Cl)c1)C(C)C.Cc1cccc(C(C)(C)COC(=O)C(C)C)c1.Cc1cccc(C2(COC(=O)C(C)C)CC2)c1. The number of rotatable bonds is 34. The van der Waals surface area contributed by atoms with Crippen molar-refractivity contribution in [2.75, 3.05) is 39.6 Å². The van der Waals surface area contributed by atoms with Gasteiger partial charge in [0.25, 0.3) is 0 Å². The van der Waals surface area contributed by atoms with E-state index in [1.165, 1.54) is 33.4 Å². The quantitative estimate of drug-likeness (QED) is 0.0218. The molecule has 1 aliphatic rings. The Labute approximate surface area is 866 Å². The van der Waals surface area contributed by atoms with Gasteiger partial charge in [0.05, 0.1) is 40.7 Å². The molecule has 1 fully saturated rings. The molecule has 1 saturated carbocycles. The number of ether oxygens (including phenoxy) is 9. The highest BCUT2D eigenvalue weighted by molar-refractivity contribution is 6.35. The average molecular weight is 2040 g/mol. The van der Waals surface area contributed by atoms with Gasteiger partial charge in [0, 0.05) is 64.5 Å². The minimum atomic E-state index is -4.62. The predicted octanol–water partition coefficient (Wildman–Crippen LogP) is 36.9. The van der Waals surface area contributed by atoms with Gasteiger partial charge in [-0.05, 0) is 214 Å². The molecule has 9 rings (SSSR count). The van der Waals surface area contributed by atoms with Crippen LogP contribution < -0.4 is 14.2 Å². The number of benzene rings is 8. The summed E-state index contributed by atoms with van der Waals surface area (Å²) in [4.78, 5) is 23.0. The van der Waals surface area contributed by atoms with Gasteiger partial charge in [-0.3, -0.25) is 9.59 Å². The molecule has 0 spiro atoms. The van der Waals surface area contributed by atoms with E-state index >= 15 is 0 Å². The standard InChI is InChI=1S/C16H23ClO.C15H20O2.C15H22O2.2C14H19ClO.C14H20O.C12H14Cl2O.C12H15ClO.C7H11F3O/c1-12(2)13(3)18-11-16(4,5)10-14-7-6-8-15(17)9-14;1-11(2)14(16)17-10-15(7-8-15)13-6-4-5-12(3)9-13;1-11(2)14(16)17-10-15(4,5)13-8-6-7-12(3)9-13;2*1-10(2)11(3)16-14(4,5)12-7-6-8-13(15)9-12;1-11-6-8-13(9-7-11)15-10-12(2)14(3,4)5;1-8(2)9(3)7-15-12-5-4-10(13)6-11(12)14;1-9(2)10(3)8-14-12-6-4-5-11(13)7-12;1-5(6(2,3)4)11-7(8,9)10/h6-9,12H,3,10-11H2,1-2,4-5H3;4-6,9,11H,7-8,10H2,1-3H3;6-9,11H,10H2,1-5H3;2*6-10H,3H2,1-2,4-5H3;6-9H,2,10H2,1,3-5H3;4-6,8H,3,7H2,1-2H3;4-7,9H,3,8H2,1-2H3;1H2,2-4H3. The zero-order valence-electron chi connectivity index (χ0n) is 89.1. The molecule has 0 amide bonds. The zero-order chi connectivity index (χ0) is 107. The Balaban J connectivity index is 0.000000784. The van der Waals surface area contributed by atoms with E-state index in [0.717, 1.165) is 91.0 Å². The second-order valence-corrected chi connectivity index (χ2v) is 44.3. The molecule has 0 heterocycles. The van der Waals surface area contributed by atoms with Gasteiger partial charge in [-0.25, -0.2) is 0 Å². The molecule has 768 valence electrons. The number of halogens is 9. The maximum atomic E-state index is 11.6. The smallest absolute Gasteiger partial charge is 0.498 e. The van der Waals surface area contributed by atoms with Crippen LogP contribution in [0, 0.1) is 78.4 Å². The summed E-state index contributed by atoms with van der Waals surface area (Å²) in [6.45, 7) is 92.5. The number of carbonyl (C=O) groups is 2. The van der Waals surface area contributed by atoms with Crippen molar-refractivity contribution in [1.82, 2.24) is 0 Å². The molecule has 0 aromatic heterocycles. The highest BCUT2D eigenvalue weighted by Crippen LogP contribution is 2.49. The maximum Gasteiger partial charge on any atom is 0.572 e. The lowest BCUT2D eigenvalue weighted by Crippen LogP contribution is -2.27. The third-order valence-corrected chi connectivity index (χ3v) is 23.5. The minimum absolute atomic E-state index is 0.0386. The molecule has 0 aliphatic heterocycles. The van der Waals surface area contributed by atoms with Crippen LogP contribution >= 0.6 is 69.6 Å². The molecule has 20 heteroatoms. The van der Waals surface area contributed by atoms with Crippen LogP contribution in [0.2, 0.25) is 30.1 Å². The fourth-order valence-electron chi connectivity index (χ4n) is 11.2. The summed E-state index contributed by atoms with van der Waals surface area (Å²) >= 11 is 35.5. The largest absolute Gasteiger partial charge is 0.572 e. The van der Waals surface area contributed by atoms with E-state index in [2.05, 4.69) is 250 Å². The number of hydrogen-bond acceptors (Lipinski definition) is 11. The van der Waals surface area contributed by atoms with Crippen LogP contribution in [0.3, 0.4) is 0 Å². The molecule has 0 radical (unpaired) electrons. The number of alkyl halides is 3. The van der Waals surface area contributed by atoms with Gasteiger partial charge < -0.3 is 42.6 Å². The first-order valence-electron chi connectivity index (χ1n) is 47.4. The minimum Gasteiger partial charge on any atom is -0.498 e. The van der Waals surface area contributed by atoms with E-state index in [-0.39, 0.29) is 51.2 Å². The van der Waals surface area contributed by atoms with Gasteiger partial charge in [0.1, 0.15) is 67.2 Å². The van der Waals surface area contributed by atoms with Crippen molar-refractivity contribution in [2.24, 2.45) is 57.7 Å². The molecule has 139 heavy (non-hydrogen) atoms. The Morgan fingerprint density at radius 3 is 1.19 bits per heavy atom. The van der Waals surface area contributed by atoms with Crippen molar-refractivity contribution >= 4 is 81.5 Å². The Morgan fingerprint density at radius 2 is 0.791 bits per heavy atom. The molecule has 8 aromatic carbocycles. The third kappa shape index (κ3) is 54.2. The number of aryl methyl sites for hydroxylation is 3. The van der Waals surface area contributed by atoms with E-state index < -0.39 is 23.0 Å². The number of hydrogen-bond donors (Lipinski definition) is 0.